The van der Waals surface area contributed by atoms with E-state index in [0.717, 1.165) is 0 Å². The zero-order valence-electron chi connectivity index (χ0n) is 20.1. The van der Waals surface area contributed by atoms with Crippen LogP contribution in [-0.4, -0.2) is 70.1 Å². The van der Waals surface area contributed by atoms with Crippen molar-refractivity contribution in [1.29, 1.82) is 0 Å². The van der Waals surface area contributed by atoms with Crippen molar-refractivity contribution in [3.63, 3.8) is 0 Å². The van der Waals surface area contributed by atoms with E-state index in [1.807, 2.05) is 0 Å². The van der Waals surface area contributed by atoms with Gasteiger partial charge >= 0.3 is 0 Å². The fraction of sp³-hybridized carbons (Fsp3) is 0.400. The van der Waals surface area contributed by atoms with Gasteiger partial charge < -0.3 is 29.7 Å². The van der Waals surface area contributed by atoms with E-state index in [1.54, 1.807) is 17.0 Å². The van der Waals surface area contributed by atoms with Crippen LogP contribution in [0.15, 0.2) is 36.4 Å². The molecule has 0 radical (unpaired) electrons. The quantitative estimate of drug-likeness (QED) is 0.526. The number of piperidine rings is 1. The second kappa shape index (κ2) is 12.0. The number of nitrogens with zero attached hydrogens (tertiary/aromatic N) is 1. The number of nitrogens with one attached hydrogen (secondary N) is 2. The number of benzene rings is 2. The summed E-state index contributed by atoms with van der Waals surface area (Å²) in [6.07, 6.45) is 1.06. The van der Waals surface area contributed by atoms with Gasteiger partial charge in [0.15, 0.2) is 11.5 Å². The van der Waals surface area contributed by atoms with Crippen LogP contribution in [0.2, 0.25) is 0 Å². The number of hydrogen-bond acceptors (Lipinski definition) is 6. The molecular weight excluding hydrogens is 457 g/mol. The fourth-order valence-electron chi connectivity index (χ4n) is 3.94. The molecule has 1 fully saturated rings. The lowest BCUT2D eigenvalue weighted by Crippen LogP contribution is -2.44. The predicted octanol–water partition coefficient (Wildman–Crippen LogP) is 2.25. The van der Waals surface area contributed by atoms with Crippen LogP contribution in [0.4, 0.5) is 4.39 Å². The van der Waals surface area contributed by atoms with Crippen molar-refractivity contribution in [3.05, 3.63) is 53.3 Å². The van der Waals surface area contributed by atoms with Gasteiger partial charge in [-0.3, -0.25) is 14.4 Å². The molecule has 0 saturated carbocycles. The van der Waals surface area contributed by atoms with Gasteiger partial charge in [0.25, 0.3) is 11.8 Å². The molecule has 0 unspecified atom stereocenters. The molecule has 0 atom stereocenters. The highest BCUT2D eigenvalue weighted by molar-refractivity contribution is 5.96. The van der Waals surface area contributed by atoms with Gasteiger partial charge in [0, 0.05) is 43.2 Å². The molecule has 1 aliphatic rings. The van der Waals surface area contributed by atoms with Crippen LogP contribution in [-0.2, 0) is 4.79 Å². The first kappa shape index (κ1) is 25.8. The van der Waals surface area contributed by atoms with Gasteiger partial charge in [0.05, 0.1) is 21.3 Å². The molecule has 1 heterocycles. The molecule has 0 bridgehead atoms. The van der Waals surface area contributed by atoms with Gasteiger partial charge in [-0.05, 0) is 49.2 Å². The lowest BCUT2D eigenvalue weighted by molar-refractivity contribution is -0.126. The predicted molar refractivity (Wildman–Crippen MR) is 126 cm³/mol. The van der Waals surface area contributed by atoms with Crippen LogP contribution in [0.5, 0.6) is 17.2 Å². The second-order valence-corrected chi connectivity index (χ2v) is 8.03. The van der Waals surface area contributed by atoms with Gasteiger partial charge in [-0.15, -0.1) is 0 Å². The Kier molecular flexibility index (Phi) is 8.88. The lowest BCUT2D eigenvalue weighted by atomic mass is 9.95. The van der Waals surface area contributed by atoms with E-state index < -0.39 is 5.82 Å². The van der Waals surface area contributed by atoms with Gasteiger partial charge in [0.2, 0.25) is 11.7 Å². The zero-order valence-corrected chi connectivity index (χ0v) is 20.1. The first-order valence-corrected chi connectivity index (χ1v) is 11.3. The lowest BCUT2D eigenvalue weighted by Gasteiger charge is -2.31. The minimum absolute atomic E-state index is 0.110. The standard InChI is InChI=1S/C25H30FN3O6/c1-33-20-14-18(15-21(34-2)22(20)35-3)25(32)29-12-8-17(9-13-29)24(31)28-11-10-27-23(30)16-4-6-19(26)7-5-16/h4-7,14-15,17H,8-13H2,1-3H3,(H,27,30)(H,28,31). The summed E-state index contributed by atoms with van der Waals surface area (Å²) in [7, 11) is 4.48. The highest BCUT2D eigenvalue weighted by Gasteiger charge is 2.29. The Morgan fingerprint density at radius 1 is 0.886 bits per heavy atom. The Balaban J connectivity index is 1.46. The highest BCUT2D eigenvalue weighted by atomic mass is 19.1. The average Bonchev–Trinajstić information content (AvgIpc) is 2.89. The Bertz CT molecular complexity index is 1030. The normalized spacial score (nSPS) is 13.7. The third-order valence-corrected chi connectivity index (χ3v) is 5.88. The van der Waals surface area contributed by atoms with E-state index in [-0.39, 0.29) is 36.7 Å². The maximum Gasteiger partial charge on any atom is 0.254 e. The molecule has 0 aromatic heterocycles. The smallest absolute Gasteiger partial charge is 0.254 e. The van der Waals surface area contributed by atoms with Gasteiger partial charge in [0.1, 0.15) is 5.82 Å². The first-order chi connectivity index (χ1) is 16.9. The second-order valence-electron chi connectivity index (χ2n) is 8.03. The molecular formula is C25H30FN3O6. The SMILES string of the molecule is COc1cc(C(=O)N2CCC(C(=O)NCCNC(=O)c3ccc(F)cc3)CC2)cc(OC)c1OC. The van der Waals surface area contributed by atoms with Crippen LogP contribution in [0.25, 0.3) is 0 Å². The minimum atomic E-state index is -0.412. The van der Waals surface area contributed by atoms with E-state index in [9.17, 15) is 18.8 Å². The summed E-state index contributed by atoms with van der Waals surface area (Å²) < 4.78 is 28.9. The molecule has 1 saturated heterocycles. The number of methoxy groups -OCH3 is 3. The average molecular weight is 488 g/mol. The van der Waals surface area contributed by atoms with Gasteiger partial charge in [-0.1, -0.05) is 0 Å². The number of rotatable bonds is 9. The maximum atomic E-state index is 13.0. The summed E-state index contributed by atoms with van der Waals surface area (Å²) >= 11 is 0. The third-order valence-electron chi connectivity index (χ3n) is 5.88. The van der Waals surface area contributed by atoms with E-state index >= 15 is 0 Å². The van der Waals surface area contributed by atoms with Crippen molar-refractivity contribution >= 4 is 17.7 Å². The fourth-order valence-corrected chi connectivity index (χ4v) is 3.94. The Hall–Kier alpha value is -3.82. The molecule has 9 nitrogen and oxygen atoms in total. The van der Waals surface area contributed by atoms with E-state index in [2.05, 4.69) is 10.6 Å². The van der Waals surface area contributed by atoms with Crippen molar-refractivity contribution in [2.45, 2.75) is 12.8 Å². The highest BCUT2D eigenvalue weighted by Crippen LogP contribution is 2.38. The summed E-state index contributed by atoms with van der Waals surface area (Å²) in [4.78, 5) is 39.3. The number of amides is 3. The molecule has 2 aromatic carbocycles. The monoisotopic (exact) mass is 487 g/mol. The van der Waals surface area contributed by atoms with Crippen LogP contribution in [0.1, 0.15) is 33.6 Å². The van der Waals surface area contributed by atoms with E-state index in [1.165, 1.54) is 45.6 Å². The number of halogens is 1. The Morgan fingerprint density at radius 2 is 1.46 bits per heavy atom. The number of likely N-dealkylation sites (tertiary alicyclic amines) is 1. The third kappa shape index (κ3) is 6.40. The van der Waals surface area contributed by atoms with E-state index in [0.29, 0.717) is 54.3 Å². The Labute approximate surface area is 203 Å². The van der Waals surface area contributed by atoms with Crippen molar-refractivity contribution in [2.75, 3.05) is 47.5 Å². The molecule has 2 aromatic rings. The summed E-state index contributed by atoms with van der Waals surface area (Å²) in [6, 6.07) is 8.46. The molecule has 2 N–H and O–H groups in total. The molecule has 3 amide bonds. The molecule has 3 rings (SSSR count). The number of hydrogen-bond donors (Lipinski definition) is 2. The van der Waals surface area contributed by atoms with Crippen molar-refractivity contribution in [1.82, 2.24) is 15.5 Å². The minimum Gasteiger partial charge on any atom is -0.493 e. The molecule has 0 aliphatic carbocycles. The summed E-state index contributed by atoms with van der Waals surface area (Å²) in [5.74, 6) is -0.0371. The molecule has 0 spiro atoms. The Morgan fingerprint density at radius 3 is 2.00 bits per heavy atom. The van der Waals surface area contributed by atoms with Crippen LogP contribution < -0.4 is 24.8 Å². The summed E-state index contributed by atoms with van der Waals surface area (Å²) in [6.45, 7) is 1.40. The van der Waals surface area contributed by atoms with Crippen LogP contribution in [0.3, 0.4) is 0 Å². The molecule has 188 valence electrons. The topological polar surface area (TPSA) is 106 Å². The first-order valence-electron chi connectivity index (χ1n) is 11.3. The zero-order chi connectivity index (χ0) is 25.4. The van der Waals surface area contributed by atoms with Crippen molar-refractivity contribution in [3.8, 4) is 17.2 Å². The van der Waals surface area contributed by atoms with Gasteiger partial charge in [-0.25, -0.2) is 4.39 Å². The van der Waals surface area contributed by atoms with Crippen molar-refractivity contribution < 1.29 is 33.0 Å². The van der Waals surface area contributed by atoms with Crippen LogP contribution >= 0.6 is 0 Å². The van der Waals surface area contributed by atoms with Crippen molar-refractivity contribution in [2.24, 2.45) is 5.92 Å². The number of carbonyl (C=O) groups excluding carboxylic acids is 3. The number of carbonyl (C=O) groups is 3. The largest absolute Gasteiger partial charge is 0.493 e. The molecule has 35 heavy (non-hydrogen) atoms. The molecule has 1 aliphatic heterocycles. The van der Waals surface area contributed by atoms with E-state index in [4.69, 9.17) is 14.2 Å². The number of ether oxygens (including phenoxy) is 3. The summed E-state index contributed by atoms with van der Waals surface area (Å²) in [5.41, 5.74) is 0.765. The summed E-state index contributed by atoms with van der Waals surface area (Å²) in [5, 5.41) is 5.51. The molecule has 10 heteroatoms. The van der Waals surface area contributed by atoms with Crippen LogP contribution in [0, 0.1) is 11.7 Å². The maximum absolute atomic E-state index is 13.0. The van der Waals surface area contributed by atoms with Gasteiger partial charge in [-0.2, -0.15) is 0 Å².